The fraction of sp³-hybridized carbons (Fsp3) is 0. The Balaban J connectivity index is 2.37. The zero-order valence-electron chi connectivity index (χ0n) is 7.68. The van der Waals surface area contributed by atoms with Crippen LogP contribution in [0.4, 0.5) is 0 Å². The molecule has 0 aliphatic carbocycles. The first-order valence-corrected chi connectivity index (χ1v) is 5.38. The van der Waals surface area contributed by atoms with Gasteiger partial charge in [0.15, 0.2) is 5.65 Å². The summed E-state index contributed by atoms with van der Waals surface area (Å²) in [7, 11) is 0. The van der Waals surface area contributed by atoms with Crippen LogP contribution in [0.25, 0.3) is 16.9 Å². The van der Waals surface area contributed by atoms with E-state index in [1.807, 2.05) is 16.8 Å². The van der Waals surface area contributed by atoms with E-state index in [0.717, 1.165) is 16.9 Å². The second kappa shape index (κ2) is 3.06. The molecule has 4 nitrogen and oxygen atoms in total. The summed E-state index contributed by atoms with van der Waals surface area (Å²) in [6, 6.07) is 5.17. The maximum Gasteiger partial charge on any atom is 0.263 e. The van der Waals surface area contributed by atoms with Gasteiger partial charge >= 0.3 is 0 Å². The summed E-state index contributed by atoms with van der Waals surface area (Å²) in [6.45, 7) is 0. The van der Waals surface area contributed by atoms with Crippen LogP contribution in [0, 0.1) is 0 Å². The van der Waals surface area contributed by atoms with E-state index in [9.17, 15) is 4.79 Å². The molecule has 0 aliphatic heterocycles. The third-order valence-corrected chi connectivity index (χ3v) is 2.90. The molecule has 0 spiro atoms. The van der Waals surface area contributed by atoms with Gasteiger partial charge in [0.2, 0.25) is 0 Å². The Labute approximate surface area is 88.8 Å². The molecule has 3 heterocycles. The number of hydrogen-bond acceptors (Lipinski definition) is 3. The van der Waals surface area contributed by atoms with Crippen molar-refractivity contribution in [3.63, 3.8) is 0 Å². The number of imidazole rings is 1. The van der Waals surface area contributed by atoms with Crippen LogP contribution >= 0.6 is 11.3 Å². The maximum absolute atomic E-state index is 11.2. The lowest BCUT2D eigenvalue weighted by Gasteiger charge is -1.97. The zero-order chi connectivity index (χ0) is 10.3. The summed E-state index contributed by atoms with van der Waals surface area (Å²) in [4.78, 5) is 15.4. The summed E-state index contributed by atoms with van der Waals surface area (Å²) in [5.41, 5.74) is 2.59. The first kappa shape index (κ1) is 8.43. The average Bonchev–Trinajstić information content (AvgIpc) is 2.83. The molecule has 0 aliphatic rings. The molecular formula is C10H7N3OS. The van der Waals surface area contributed by atoms with Crippen LogP contribution in [0.3, 0.4) is 0 Å². The van der Waals surface area contributed by atoms with Crippen molar-refractivity contribution < 1.29 is 0 Å². The van der Waals surface area contributed by atoms with Crippen molar-refractivity contribution in [1.29, 1.82) is 0 Å². The Hall–Kier alpha value is -1.88. The SMILES string of the molecule is O=c1ccc2ncc(-c3ccsc3)n2[nH]1. The van der Waals surface area contributed by atoms with Crippen molar-refractivity contribution in [2.75, 3.05) is 0 Å². The smallest absolute Gasteiger partial charge is 0.263 e. The Morgan fingerprint density at radius 1 is 1.33 bits per heavy atom. The Bertz CT molecular complexity index is 651. The van der Waals surface area contributed by atoms with Gasteiger partial charge in [-0.3, -0.25) is 9.89 Å². The molecular weight excluding hydrogens is 210 g/mol. The number of nitrogens with zero attached hydrogens (tertiary/aromatic N) is 2. The first-order chi connectivity index (χ1) is 7.34. The van der Waals surface area contributed by atoms with Crippen LogP contribution in [0.2, 0.25) is 0 Å². The summed E-state index contributed by atoms with van der Waals surface area (Å²) < 4.78 is 1.70. The minimum atomic E-state index is -0.128. The van der Waals surface area contributed by atoms with Crippen LogP contribution in [0.15, 0.2) is 40.0 Å². The number of rotatable bonds is 1. The number of hydrogen-bond donors (Lipinski definition) is 1. The Morgan fingerprint density at radius 2 is 2.27 bits per heavy atom. The molecule has 3 rings (SSSR count). The molecule has 0 aromatic carbocycles. The minimum Gasteiger partial charge on any atom is -0.268 e. The molecule has 3 aromatic heterocycles. The fourth-order valence-electron chi connectivity index (χ4n) is 1.51. The monoisotopic (exact) mass is 217 g/mol. The second-order valence-electron chi connectivity index (χ2n) is 3.16. The standard InChI is InChI=1S/C10H7N3OS/c14-10-2-1-9-11-5-8(13(9)12-10)7-3-4-15-6-7/h1-6H,(H,12,14). The average molecular weight is 217 g/mol. The fourth-order valence-corrected chi connectivity index (χ4v) is 2.16. The molecule has 0 saturated heterocycles. The van der Waals surface area contributed by atoms with Crippen molar-refractivity contribution in [2.45, 2.75) is 0 Å². The number of aromatic amines is 1. The lowest BCUT2D eigenvalue weighted by Crippen LogP contribution is -2.09. The highest BCUT2D eigenvalue weighted by atomic mass is 32.1. The lowest BCUT2D eigenvalue weighted by atomic mass is 10.3. The predicted octanol–water partition coefficient (Wildman–Crippen LogP) is 1.75. The molecule has 1 N–H and O–H groups in total. The molecule has 0 amide bonds. The maximum atomic E-state index is 11.2. The van der Waals surface area contributed by atoms with Gasteiger partial charge < -0.3 is 0 Å². The molecule has 0 bridgehead atoms. The summed E-state index contributed by atoms with van der Waals surface area (Å²) >= 11 is 1.62. The van der Waals surface area contributed by atoms with E-state index in [0.29, 0.717) is 0 Å². The van der Waals surface area contributed by atoms with Crippen molar-refractivity contribution >= 4 is 17.0 Å². The van der Waals surface area contributed by atoms with Gasteiger partial charge in [0.05, 0.1) is 11.9 Å². The Kier molecular flexibility index (Phi) is 1.72. The highest BCUT2D eigenvalue weighted by molar-refractivity contribution is 7.08. The van der Waals surface area contributed by atoms with Gasteiger partial charge in [0.25, 0.3) is 5.56 Å². The Morgan fingerprint density at radius 3 is 3.07 bits per heavy atom. The quantitative estimate of drug-likeness (QED) is 0.675. The molecule has 74 valence electrons. The highest BCUT2D eigenvalue weighted by Gasteiger charge is 2.05. The van der Waals surface area contributed by atoms with E-state index in [1.165, 1.54) is 6.07 Å². The van der Waals surface area contributed by atoms with Crippen LogP contribution in [0.5, 0.6) is 0 Å². The normalized spacial score (nSPS) is 10.9. The molecule has 3 aromatic rings. The number of thiophene rings is 1. The first-order valence-electron chi connectivity index (χ1n) is 4.44. The number of aromatic nitrogens is 3. The second-order valence-corrected chi connectivity index (χ2v) is 3.94. The molecule has 0 atom stereocenters. The summed E-state index contributed by atoms with van der Waals surface area (Å²) in [6.07, 6.45) is 1.76. The van der Waals surface area contributed by atoms with Gasteiger partial charge in [0, 0.05) is 17.0 Å². The van der Waals surface area contributed by atoms with Crippen LogP contribution in [0.1, 0.15) is 0 Å². The topological polar surface area (TPSA) is 50.2 Å². The lowest BCUT2D eigenvalue weighted by molar-refractivity contribution is 0.911. The molecule has 15 heavy (non-hydrogen) atoms. The minimum absolute atomic E-state index is 0.128. The van der Waals surface area contributed by atoms with Crippen molar-refractivity contribution in [2.24, 2.45) is 0 Å². The van der Waals surface area contributed by atoms with E-state index in [-0.39, 0.29) is 5.56 Å². The van der Waals surface area contributed by atoms with Crippen molar-refractivity contribution in [3.8, 4) is 11.3 Å². The number of H-pyrrole nitrogens is 1. The van der Waals surface area contributed by atoms with Gasteiger partial charge in [0.1, 0.15) is 0 Å². The van der Waals surface area contributed by atoms with Crippen LogP contribution in [-0.4, -0.2) is 14.6 Å². The predicted molar refractivity (Wildman–Crippen MR) is 59.1 cm³/mol. The van der Waals surface area contributed by atoms with Gasteiger partial charge in [-0.05, 0) is 17.5 Å². The summed E-state index contributed by atoms with van der Waals surface area (Å²) in [5.74, 6) is 0. The van der Waals surface area contributed by atoms with Crippen LogP contribution in [-0.2, 0) is 0 Å². The molecule has 0 radical (unpaired) electrons. The van der Waals surface area contributed by atoms with E-state index >= 15 is 0 Å². The molecule has 0 unspecified atom stereocenters. The van der Waals surface area contributed by atoms with E-state index in [1.54, 1.807) is 28.1 Å². The third-order valence-electron chi connectivity index (χ3n) is 2.21. The van der Waals surface area contributed by atoms with Gasteiger partial charge in [-0.1, -0.05) is 0 Å². The zero-order valence-corrected chi connectivity index (χ0v) is 8.49. The molecule has 0 fully saturated rings. The number of nitrogens with one attached hydrogen (secondary N) is 1. The van der Waals surface area contributed by atoms with Crippen molar-refractivity contribution in [3.05, 3.63) is 45.5 Å². The van der Waals surface area contributed by atoms with Gasteiger partial charge in [-0.25, -0.2) is 9.50 Å². The van der Waals surface area contributed by atoms with E-state index < -0.39 is 0 Å². The van der Waals surface area contributed by atoms with Gasteiger partial charge in [-0.15, -0.1) is 0 Å². The largest absolute Gasteiger partial charge is 0.268 e. The molecule has 0 saturated carbocycles. The van der Waals surface area contributed by atoms with Crippen molar-refractivity contribution in [1.82, 2.24) is 14.6 Å². The molecule has 5 heteroatoms. The van der Waals surface area contributed by atoms with Crippen LogP contribution < -0.4 is 5.56 Å². The third kappa shape index (κ3) is 1.28. The van der Waals surface area contributed by atoms with E-state index in [2.05, 4.69) is 10.1 Å². The summed E-state index contributed by atoms with van der Waals surface area (Å²) in [5, 5.41) is 6.75. The number of fused-ring (bicyclic) bond motifs is 1. The van der Waals surface area contributed by atoms with E-state index in [4.69, 9.17) is 0 Å². The highest BCUT2D eigenvalue weighted by Crippen LogP contribution is 2.21. The van der Waals surface area contributed by atoms with Gasteiger partial charge in [-0.2, -0.15) is 11.3 Å².